The van der Waals surface area contributed by atoms with Crippen LogP contribution in [0.2, 0.25) is 5.02 Å². The van der Waals surface area contributed by atoms with Crippen molar-refractivity contribution >= 4 is 17.5 Å². The molecule has 1 aromatic heterocycles. The van der Waals surface area contributed by atoms with Crippen molar-refractivity contribution < 1.29 is 9.90 Å². The van der Waals surface area contributed by atoms with Crippen molar-refractivity contribution in [2.24, 2.45) is 0 Å². The predicted molar refractivity (Wildman–Crippen MR) is 84.4 cm³/mol. The summed E-state index contributed by atoms with van der Waals surface area (Å²) in [7, 11) is 1.63. The molecular formula is C15H19ClN4O2. The third kappa shape index (κ3) is 3.45. The van der Waals surface area contributed by atoms with E-state index in [1.807, 2.05) is 19.1 Å². The maximum atomic E-state index is 12.4. The normalized spacial score (nSPS) is 10.7. The average Bonchev–Trinajstić information content (AvgIpc) is 2.91. The number of rotatable bonds is 6. The number of amides is 1. The van der Waals surface area contributed by atoms with Gasteiger partial charge in [0.25, 0.3) is 5.91 Å². The highest BCUT2D eigenvalue weighted by atomic mass is 35.5. The number of carbonyl (C=O) groups excluding carboxylic acids is 1. The molecule has 0 aliphatic rings. The number of halogens is 1. The fourth-order valence-electron chi connectivity index (χ4n) is 2.18. The lowest BCUT2D eigenvalue weighted by molar-refractivity contribution is 0.0760. The van der Waals surface area contributed by atoms with Gasteiger partial charge in [0.15, 0.2) is 5.69 Å². The molecular weight excluding hydrogens is 304 g/mol. The summed E-state index contributed by atoms with van der Waals surface area (Å²) < 4.78 is 1.65. The monoisotopic (exact) mass is 322 g/mol. The molecule has 0 bridgehead atoms. The Labute approximate surface area is 134 Å². The van der Waals surface area contributed by atoms with Gasteiger partial charge in [-0.15, -0.1) is 5.10 Å². The standard InChI is InChI=1S/C15H19ClN4O2/c1-3-5-13-14(15(22)19(2)8-9-21)17-18-20(13)12-7-4-6-11(16)10-12/h4,6-7,10,21H,3,5,8-9H2,1-2H3. The SMILES string of the molecule is CCCc1c(C(=O)N(C)CCO)nnn1-c1cccc(Cl)c1. The van der Waals surface area contributed by atoms with E-state index in [0.29, 0.717) is 17.1 Å². The largest absolute Gasteiger partial charge is 0.395 e. The van der Waals surface area contributed by atoms with Crippen LogP contribution in [-0.4, -0.2) is 51.1 Å². The average molecular weight is 323 g/mol. The van der Waals surface area contributed by atoms with Crippen molar-refractivity contribution in [1.82, 2.24) is 19.9 Å². The number of aliphatic hydroxyl groups excluding tert-OH is 1. The molecule has 1 aromatic carbocycles. The molecule has 118 valence electrons. The number of aromatic nitrogens is 3. The van der Waals surface area contributed by atoms with E-state index in [1.165, 1.54) is 4.90 Å². The summed E-state index contributed by atoms with van der Waals surface area (Å²) in [4.78, 5) is 13.9. The first-order valence-corrected chi connectivity index (χ1v) is 7.53. The van der Waals surface area contributed by atoms with Crippen LogP contribution in [0, 0.1) is 0 Å². The van der Waals surface area contributed by atoms with Crippen molar-refractivity contribution in [3.63, 3.8) is 0 Å². The summed E-state index contributed by atoms with van der Waals surface area (Å²) in [6.07, 6.45) is 1.53. The lowest BCUT2D eigenvalue weighted by Crippen LogP contribution is -2.30. The van der Waals surface area contributed by atoms with Gasteiger partial charge in [0.05, 0.1) is 18.0 Å². The van der Waals surface area contributed by atoms with Crippen molar-refractivity contribution in [3.8, 4) is 5.69 Å². The van der Waals surface area contributed by atoms with Crippen LogP contribution in [0.5, 0.6) is 0 Å². The fraction of sp³-hybridized carbons (Fsp3) is 0.400. The molecule has 0 unspecified atom stereocenters. The summed E-state index contributed by atoms with van der Waals surface area (Å²) in [6, 6.07) is 7.25. The molecule has 1 heterocycles. The number of benzene rings is 1. The van der Waals surface area contributed by atoms with Gasteiger partial charge in [-0.1, -0.05) is 36.2 Å². The Morgan fingerprint density at radius 3 is 2.86 bits per heavy atom. The molecule has 22 heavy (non-hydrogen) atoms. The van der Waals surface area contributed by atoms with Gasteiger partial charge in [-0.2, -0.15) is 0 Å². The molecule has 6 nitrogen and oxygen atoms in total. The highest BCUT2D eigenvalue weighted by Crippen LogP contribution is 2.19. The lowest BCUT2D eigenvalue weighted by Gasteiger charge is -2.15. The second-order valence-electron chi connectivity index (χ2n) is 4.98. The van der Waals surface area contributed by atoms with Crippen molar-refractivity contribution in [2.75, 3.05) is 20.2 Å². The quantitative estimate of drug-likeness (QED) is 0.882. The topological polar surface area (TPSA) is 71.2 Å². The smallest absolute Gasteiger partial charge is 0.276 e. The van der Waals surface area contributed by atoms with Gasteiger partial charge in [0, 0.05) is 18.6 Å². The molecule has 1 amide bonds. The molecule has 0 radical (unpaired) electrons. The molecule has 0 aliphatic carbocycles. The molecule has 0 aliphatic heterocycles. The first-order valence-electron chi connectivity index (χ1n) is 7.15. The predicted octanol–water partition coefficient (Wildman–Crippen LogP) is 1.94. The Balaban J connectivity index is 2.43. The zero-order valence-electron chi connectivity index (χ0n) is 12.7. The highest BCUT2D eigenvalue weighted by Gasteiger charge is 2.22. The summed E-state index contributed by atoms with van der Waals surface area (Å²) in [5.74, 6) is -0.245. The summed E-state index contributed by atoms with van der Waals surface area (Å²) in [6.45, 7) is 2.20. The first-order chi connectivity index (χ1) is 10.6. The Kier molecular flexibility index (Phi) is 5.51. The van der Waals surface area contributed by atoms with Gasteiger partial charge in [0.2, 0.25) is 0 Å². The second-order valence-corrected chi connectivity index (χ2v) is 5.41. The minimum Gasteiger partial charge on any atom is -0.395 e. The molecule has 0 saturated heterocycles. The Morgan fingerprint density at radius 1 is 1.45 bits per heavy atom. The number of likely N-dealkylation sites (N-methyl/N-ethyl adjacent to an activating group) is 1. The Hall–Kier alpha value is -1.92. The van der Waals surface area contributed by atoms with Crippen LogP contribution in [0.3, 0.4) is 0 Å². The maximum absolute atomic E-state index is 12.4. The first kappa shape index (κ1) is 16.5. The van der Waals surface area contributed by atoms with E-state index in [9.17, 15) is 4.79 Å². The van der Waals surface area contributed by atoms with E-state index in [0.717, 1.165) is 17.8 Å². The summed E-state index contributed by atoms with van der Waals surface area (Å²) in [5, 5.41) is 17.7. The van der Waals surface area contributed by atoms with E-state index < -0.39 is 0 Å². The number of hydrogen-bond acceptors (Lipinski definition) is 4. The van der Waals surface area contributed by atoms with E-state index in [1.54, 1.807) is 23.9 Å². The number of carbonyl (C=O) groups is 1. The van der Waals surface area contributed by atoms with Crippen LogP contribution >= 0.6 is 11.6 Å². The fourth-order valence-corrected chi connectivity index (χ4v) is 2.36. The van der Waals surface area contributed by atoms with Crippen molar-refractivity contribution in [1.29, 1.82) is 0 Å². The zero-order valence-corrected chi connectivity index (χ0v) is 13.4. The number of nitrogens with zero attached hydrogens (tertiary/aromatic N) is 4. The molecule has 2 aromatic rings. The van der Waals surface area contributed by atoms with Crippen LogP contribution in [-0.2, 0) is 6.42 Å². The van der Waals surface area contributed by atoms with Gasteiger partial charge in [-0.05, 0) is 24.6 Å². The minimum atomic E-state index is -0.245. The van der Waals surface area contributed by atoms with Gasteiger partial charge in [-0.25, -0.2) is 4.68 Å². The molecule has 1 N–H and O–H groups in total. The van der Waals surface area contributed by atoms with Crippen LogP contribution in [0.1, 0.15) is 29.5 Å². The number of hydrogen-bond donors (Lipinski definition) is 1. The maximum Gasteiger partial charge on any atom is 0.276 e. The zero-order chi connectivity index (χ0) is 16.1. The summed E-state index contributed by atoms with van der Waals surface area (Å²) in [5.41, 5.74) is 1.84. The van der Waals surface area contributed by atoms with E-state index in [4.69, 9.17) is 16.7 Å². The second kappa shape index (κ2) is 7.38. The Bertz CT molecular complexity index is 657. The van der Waals surface area contributed by atoms with Crippen molar-refractivity contribution in [2.45, 2.75) is 19.8 Å². The molecule has 0 atom stereocenters. The van der Waals surface area contributed by atoms with Gasteiger partial charge < -0.3 is 10.0 Å². The van der Waals surface area contributed by atoms with Crippen molar-refractivity contribution in [3.05, 3.63) is 40.7 Å². The summed E-state index contributed by atoms with van der Waals surface area (Å²) >= 11 is 6.02. The van der Waals surface area contributed by atoms with E-state index >= 15 is 0 Å². The van der Waals surface area contributed by atoms with Crippen LogP contribution in [0.4, 0.5) is 0 Å². The van der Waals surface area contributed by atoms with Crippen LogP contribution < -0.4 is 0 Å². The minimum absolute atomic E-state index is 0.0895. The van der Waals surface area contributed by atoms with Crippen LogP contribution in [0.15, 0.2) is 24.3 Å². The molecule has 7 heteroatoms. The van der Waals surface area contributed by atoms with Gasteiger partial charge in [-0.3, -0.25) is 4.79 Å². The van der Waals surface area contributed by atoms with Gasteiger partial charge >= 0.3 is 0 Å². The lowest BCUT2D eigenvalue weighted by atomic mass is 10.2. The Morgan fingerprint density at radius 2 is 2.23 bits per heavy atom. The van der Waals surface area contributed by atoms with E-state index in [2.05, 4.69) is 10.3 Å². The molecule has 2 rings (SSSR count). The van der Waals surface area contributed by atoms with Gasteiger partial charge in [0.1, 0.15) is 0 Å². The number of aliphatic hydroxyl groups is 1. The highest BCUT2D eigenvalue weighted by molar-refractivity contribution is 6.30. The molecule has 0 saturated carbocycles. The third-order valence-corrected chi connectivity index (χ3v) is 3.52. The van der Waals surface area contributed by atoms with Crippen LogP contribution in [0.25, 0.3) is 5.69 Å². The third-order valence-electron chi connectivity index (χ3n) is 3.29. The molecule has 0 fully saturated rings. The molecule has 0 spiro atoms. The van der Waals surface area contributed by atoms with E-state index in [-0.39, 0.29) is 19.1 Å².